The molecule has 1 saturated heterocycles. The van der Waals surface area contributed by atoms with E-state index in [0.29, 0.717) is 6.04 Å². The van der Waals surface area contributed by atoms with E-state index in [1.54, 1.807) is 6.26 Å². The van der Waals surface area contributed by atoms with Crippen molar-refractivity contribution in [2.24, 2.45) is 0 Å². The molecule has 3 nitrogen and oxygen atoms in total. The third-order valence-corrected chi connectivity index (χ3v) is 3.34. The van der Waals surface area contributed by atoms with Gasteiger partial charge in [0, 0.05) is 12.6 Å². The predicted octanol–water partition coefficient (Wildman–Crippen LogP) is 2.87. The lowest BCUT2D eigenvalue weighted by Gasteiger charge is -2.26. The SMILES string of the molecule is CC(NC1CCCOC1)c1occc1Br. The summed E-state index contributed by atoms with van der Waals surface area (Å²) < 4.78 is 11.9. The van der Waals surface area contributed by atoms with E-state index < -0.39 is 0 Å². The molecule has 4 heteroatoms. The third kappa shape index (κ3) is 2.83. The summed E-state index contributed by atoms with van der Waals surface area (Å²) in [6.45, 7) is 3.82. The molecule has 0 aromatic carbocycles. The number of rotatable bonds is 3. The van der Waals surface area contributed by atoms with Crippen LogP contribution in [0.2, 0.25) is 0 Å². The standard InChI is InChI=1S/C11H16BrNO2/c1-8(11-10(12)4-6-15-11)13-9-3-2-5-14-7-9/h4,6,8-9,13H,2-3,5,7H2,1H3. The van der Waals surface area contributed by atoms with Crippen LogP contribution >= 0.6 is 15.9 Å². The number of hydrogen-bond donors (Lipinski definition) is 1. The Hall–Kier alpha value is -0.320. The molecular weight excluding hydrogens is 258 g/mol. The fourth-order valence-corrected chi connectivity index (χ4v) is 2.46. The Balaban J connectivity index is 1.91. The van der Waals surface area contributed by atoms with E-state index in [-0.39, 0.29) is 6.04 Å². The third-order valence-electron chi connectivity index (χ3n) is 2.68. The topological polar surface area (TPSA) is 34.4 Å². The Kier molecular flexibility index (Phi) is 3.83. The minimum atomic E-state index is 0.223. The van der Waals surface area contributed by atoms with Crippen molar-refractivity contribution in [3.63, 3.8) is 0 Å². The molecule has 1 aromatic heterocycles. The molecule has 15 heavy (non-hydrogen) atoms. The summed E-state index contributed by atoms with van der Waals surface area (Å²) in [6, 6.07) is 2.59. The Morgan fingerprint density at radius 3 is 3.07 bits per heavy atom. The second-order valence-electron chi connectivity index (χ2n) is 3.94. The van der Waals surface area contributed by atoms with Crippen molar-refractivity contribution in [1.29, 1.82) is 0 Å². The lowest BCUT2D eigenvalue weighted by atomic mass is 10.1. The van der Waals surface area contributed by atoms with Crippen LogP contribution in [-0.2, 0) is 4.74 Å². The van der Waals surface area contributed by atoms with Crippen LogP contribution in [0.5, 0.6) is 0 Å². The quantitative estimate of drug-likeness (QED) is 0.920. The van der Waals surface area contributed by atoms with Crippen molar-refractivity contribution < 1.29 is 9.15 Å². The van der Waals surface area contributed by atoms with Crippen LogP contribution in [0.1, 0.15) is 31.6 Å². The molecule has 1 aliphatic rings. The second-order valence-corrected chi connectivity index (χ2v) is 4.79. The summed E-state index contributed by atoms with van der Waals surface area (Å²) in [5, 5.41) is 3.51. The second kappa shape index (κ2) is 5.14. The van der Waals surface area contributed by atoms with Crippen LogP contribution in [0, 0.1) is 0 Å². The molecule has 2 atom stereocenters. The first kappa shape index (κ1) is 11.2. The minimum Gasteiger partial charge on any atom is -0.466 e. The van der Waals surface area contributed by atoms with Gasteiger partial charge in [0.05, 0.1) is 23.4 Å². The summed E-state index contributed by atoms with van der Waals surface area (Å²) in [7, 11) is 0. The van der Waals surface area contributed by atoms with Gasteiger partial charge in [-0.1, -0.05) is 0 Å². The molecule has 0 radical (unpaired) electrons. The fraction of sp³-hybridized carbons (Fsp3) is 0.636. The van der Waals surface area contributed by atoms with Crippen molar-refractivity contribution in [1.82, 2.24) is 5.32 Å². The first-order valence-corrected chi connectivity index (χ1v) is 6.13. The summed E-state index contributed by atoms with van der Waals surface area (Å²) in [4.78, 5) is 0. The lowest BCUT2D eigenvalue weighted by molar-refractivity contribution is 0.0661. The molecule has 0 aliphatic carbocycles. The van der Waals surface area contributed by atoms with Crippen LogP contribution < -0.4 is 5.32 Å². The van der Waals surface area contributed by atoms with Crippen LogP contribution in [0.15, 0.2) is 21.2 Å². The van der Waals surface area contributed by atoms with E-state index in [1.165, 1.54) is 6.42 Å². The Labute approximate surface area is 98.3 Å². The van der Waals surface area contributed by atoms with Crippen molar-refractivity contribution >= 4 is 15.9 Å². The van der Waals surface area contributed by atoms with Gasteiger partial charge < -0.3 is 14.5 Å². The highest BCUT2D eigenvalue weighted by Crippen LogP contribution is 2.25. The minimum absolute atomic E-state index is 0.223. The molecule has 1 aliphatic heterocycles. The number of halogens is 1. The van der Waals surface area contributed by atoms with Gasteiger partial charge in [-0.2, -0.15) is 0 Å². The average molecular weight is 274 g/mol. The number of ether oxygens (including phenoxy) is 1. The van der Waals surface area contributed by atoms with Gasteiger partial charge in [0.1, 0.15) is 5.76 Å². The van der Waals surface area contributed by atoms with E-state index in [1.807, 2.05) is 6.07 Å². The maximum atomic E-state index is 5.43. The summed E-state index contributed by atoms with van der Waals surface area (Å²) >= 11 is 3.47. The molecule has 1 aromatic rings. The van der Waals surface area contributed by atoms with Crippen molar-refractivity contribution in [3.05, 3.63) is 22.6 Å². The summed E-state index contributed by atoms with van der Waals surface area (Å²) in [6.07, 6.45) is 4.03. The van der Waals surface area contributed by atoms with E-state index in [2.05, 4.69) is 28.2 Å². The molecule has 2 rings (SSSR count). The fourth-order valence-electron chi connectivity index (χ4n) is 1.92. The molecule has 2 unspecified atom stereocenters. The van der Waals surface area contributed by atoms with E-state index in [0.717, 1.165) is 29.9 Å². The van der Waals surface area contributed by atoms with Gasteiger partial charge in [0.2, 0.25) is 0 Å². The highest BCUT2D eigenvalue weighted by molar-refractivity contribution is 9.10. The first-order valence-electron chi connectivity index (χ1n) is 5.34. The number of hydrogen-bond acceptors (Lipinski definition) is 3. The van der Waals surface area contributed by atoms with Gasteiger partial charge in [-0.3, -0.25) is 0 Å². The molecule has 0 bridgehead atoms. The van der Waals surface area contributed by atoms with E-state index >= 15 is 0 Å². The zero-order valence-corrected chi connectivity index (χ0v) is 10.4. The molecular formula is C11H16BrNO2. The first-order chi connectivity index (χ1) is 7.27. The van der Waals surface area contributed by atoms with Crippen LogP contribution in [0.3, 0.4) is 0 Å². The van der Waals surface area contributed by atoms with Gasteiger partial charge in [-0.15, -0.1) is 0 Å². The smallest absolute Gasteiger partial charge is 0.134 e. The number of furan rings is 1. The van der Waals surface area contributed by atoms with Crippen molar-refractivity contribution in [2.45, 2.75) is 31.8 Å². The maximum absolute atomic E-state index is 5.43. The molecule has 0 amide bonds. The van der Waals surface area contributed by atoms with Gasteiger partial charge in [0.15, 0.2) is 0 Å². The van der Waals surface area contributed by atoms with Crippen LogP contribution in [0.25, 0.3) is 0 Å². The highest BCUT2D eigenvalue weighted by Gasteiger charge is 2.19. The average Bonchev–Trinajstić information content (AvgIpc) is 2.66. The Bertz CT molecular complexity index is 307. The molecule has 0 spiro atoms. The van der Waals surface area contributed by atoms with E-state index in [4.69, 9.17) is 9.15 Å². The van der Waals surface area contributed by atoms with E-state index in [9.17, 15) is 0 Å². The molecule has 1 fully saturated rings. The van der Waals surface area contributed by atoms with Gasteiger partial charge in [0.25, 0.3) is 0 Å². The van der Waals surface area contributed by atoms with Gasteiger partial charge in [-0.05, 0) is 41.8 Å². The van der Waals surface area contributed by atoms with Crippen molar-refractivity contribution in [3.8, 4) is 0 Å². The van der Waals surface area contributed by atoms with Gasteiger partial charge in [-0.25, -0.2) is 0 Å². The van der Waals surface area contributed by atoms with Gasteiger partial charge >= 0.3 is 0 Å². The highest BCUT2D eigenvalue weighted by atomic mass is 79.9. The normalized spacial score (nSPS) is 24.0. The summed E-state index contributed by atoms with van der Waals surface area (Å²) in [5.41, 5.74) is 0. The number of nitrogens with one attached hydrogen (secondary N) is 1. The summed E-state index contributed by atoms with van der Waals surface area (Å²) in [5.74, 6) is 0.959. The van der Waals surface area contributed by atoms with Crippen LogP contribution in [-0.4, -0.2) is 19.3 Å². The largest absolute Gasteiger partial charge is 0.466 e. The zero-order chi connectivity index (χ0) is 10.7. The molecule has 2 heterocycles. The zero-order valence-electron chi connectivity index (χ0n) is 8.83. The lowest BCUT2D eigenvalue weighted by Crippen LogP contribution is -2.38. The monoisotopic (exact) mass is 273 g/mol. The van der Waals surface area contributed by atoms with Crippen LogP contribution in [0.4, 0.5) is 0 Å². The maximum Gasteiger partial charge on any atom is 0.134 e. The molecule has 0 saturated carbocycles. The Morgan fingerprint density at radius 1 is 1.60 bits per heavy atom. The molecule has 84 valence electrons. The molecule has 1 N–H and O–H groups in total. The van der Waals surface area contributed by atoms with Crippen molar-refractivity contribution in [2.75, 3.05) is 13.2 Å². The Morgan fingerprint density at radius 2 is 2.47 bits per heavy atom. The predicted molar refractivity (Wildman–Crippen MR) is 61.8 cm³/mol.